The molecule has 0 aromatic heterocycles. The highest BCUT2D eigenvalue weighted by Crippen LogP contribution is 2.08. The minimum Gasteiger partial charge on any atom is -0.261 e. The van der Waals surface area contributed by atoms with Crippen molar-refractivity contribution in [1.82, 2.24) is 0 Å². The second-order valence-electron chi connectivity index (χ2n) is 2.86. The van der Waals surface area contributed by atoms with Gasteiger partial charge in [-0.05, 0) is 18.1 Å². The average molecular weight is 147 g/mol. The molecule has 0 saturated heterocycles. The van der Waals surface area contributed by atoms with E-state index in [2.05, 4.69) is 18.8 Å². The smallest absolute Gasteiger partial charge is 0.0625 e. The number of hydrogen-bond donors (Lipinski definition) is 0. The molecule has 0 atom stereocenters. The van der Waals surface area contributed by atoms with Crippen molar-refractivity contribution in [2.75, 3.05) is 0 Å². The van der Waals surface area contributed by atoms with Gasteiger partial charge in [0.05, 0.1) is 5.69 Å². The SMILES string of the molecule is CC(C)/C=N/c1ccccc1. The molecule has 58 valence electrons. The monoisotopic (exact) mass is 147 g/mol. The molecule has 11 heavy (non-hydrogen) atoms. The van der Waals surface area contributed by atoms with Crippen molar-refractivity contribution in [3.05, 3.63) is 30.3 Å². The average Bonchev–Trinajstić information content (AvgIpc) is 2.03. The molecule has 0 aliphatic heterocycles. The van der Waals surface area contributed by atoms with Gasteiger partial charge in [0.2, 0.25) is 0 Å². The minimum absolute atomic E-state index is 0.523. The number of hydrogen-bond acceptors (Lipinski definition) is 1. The molecular weight excluding hydrogens is 134 g/mol. The van der Waals surface area contributed by atoms with E-state index >= 15 is 0 Å². The molecule has 1 nitrogen and oxygen atoms in total. The molecule has 0 bridgehead atoms. The lowest BCUT2D eigenvalue weighted by molar-refractivity contribution is 0.907. The summed E-state index contributed by atoms with van der Waals surface area (Å²) in [5.74, 6) is 0.523. The van der Waals surface area contributed by atoms with Crippen LogP contribution in [0.15, 0.2) is 35.3 Å². The van der Waals surface area contributed by atoms with Gasteiger partial charge in [-0.2, -0.15) is 0 Å². The summed E-state index contributed by atoms with van der Waals surface area (Å²) in [6.07, 6.45) is 1.95. The van der Waals surface area contributed by atoms with Crippen LogP contribution in [-0.2, 0) is 0 Å². The Morgan fingerprint density at radius 2 is 1.82 bits per heavy atom. The first-order chi connectivity index (χ1) is 5.29. The second kappa shape index (κ2) is 3.91. The standard InChI is InChI=1S/C10H13N/c1-9(2)8-11-10-6-4-3-5-7-10/h3-9H,1-2H3/b11-8+. The zero-order valence-corrected chi connectivity index (χ0v) is 6.99. The van der Waals surface area contributed by atoms with Crippen LogP contribution in [0.1, 0.15) is 13.8 Å². The van der Waals surface area contributed by atoms with Crippen molar-refractivity contribution in [1.29, 1.82) is 0 Å². The van der Waals surface area contributed by atoms with Crippen molar-refractivity contribution in [3.8, 4) is 0 Å². The second-order valence-corrected chi connectivity index (χ2v) is 2.86. The van der Waals surface area contributed by atoms with Crippen molar-refractivity contribution in [3.63, 3.8) is 0 Å². The van der Waals surface area contributed by atoms with E-state index in [1.54, 1.807) is 0 Å². The van der Waals surface area contributed by atoms with Crippen LogP contribution in [0.25, 0.3) is 0 Å². The Morgan fingerprint density at radius 1 is 1.18 bits per heavy atom. The molecule has 0 saturated carbocycles. The topological polar surface area (TPSA) is 12.4 Å². The van der Waals surface area contributed by atoms with Crippen molar-refractivity contribution < 1.29 is 0 Å². The number of benzene rings is 1. The van der Waals surface area contributed by atoms with E-state index in [-0.39, 0.29) is 0 Å². The van der Waals surface area contributed by atoms with Gasteiger partial charge in [0.25, 0.3) is 0 Å². The van der Waals surface area contributed by atoms with Crippen molar-refractivity contribution >= 4 is 11.9 Å². The largest absolute Gasteiger partial charge is 0.261 e. The van der Waals surface area contributed by atoms with E-state index in [0.717, 1.165) is 5.69 Å². The molecule has 0 fully saturated rings. The molecule has 0 spiro atoms. The number of rotatable bonds is 2. The molecule has 0 unspecified atom stereocenters. The lowest BCUT2D eigenvalue weighted by Crippen LogP contribution is -1.84. The first-order valence-electron chi connectivity index (χ1n) is 3.88. The number of aliphatic imine (C=N–C) groups is 1. The molecule has 1 heteroatoms. The van der Waals surface area contributed by atoms with Gasteiger partial charge in [-0.15, -0.1) is 0 Å². The number of nitrogens with zero attached hydrogens (tertiary/aromatic N) is 1. The lowest BCUT2D eigenvalue weighted by atomic mass is 10.2. The third kappa shape index (κ3) is 2.99. The summed E-state index contributed by atoms with van der Waals surface area (Å²) in [6.45, 7) is 4.24. The molecule has 0 N–H and O–H groups in total. The molecule has 1 rings (SSSR count). The Kier molecular flexibility index (Phi) is 2.84. The summed E-state index contributed by atoms with van der Waals surface area (Å²) in [4.78, 5) is 4.28. The predicted octanol–water partition coefficient (Wildman–Crippen LogP) is 3.04. The first kappa shape index (κ1) is 7.99. The van der Waals surface area contributed by atoms with E-state index < -0.39 is 0 Å². The Hall–Kier alpha value is -1.11. The van der Waals surface area contributed by atoms with Gasteiger partial charge >= 0.3 is 0 Å². The zero-order chi connectivity index (χ0) is 8.10. The molecule has 0 aliphatic carbocycles. The predicted molar refractivity (Wildman–Crippen MR) is 49.4 cm³/mol. The summed E-state index contributed by atoms with van der Waals surface area (Å²) < 4.78 is 0. The Bertz CT molecular complexity index is 224. The lowest BCUT2D eigenvalue weighted by Gasteiger charge is -1.93. The zero-order valence-electron chi connectivity index (χ0n) is 6.99. The van der Waals surface area contributed by atoms with Gasteiger partial charge in [0.1, 0.15) is 0 Å². The summed E-state index contributed by atoms with van der Waals surface area (Å²) in [5.41, 5.74) is 1.03. The highest BCUT2D eigenvalue weighted by atomic mass is 14.7. The molecule has 1 aromatic rings. The van der Waals surface area contributed by atoms with Crippen LogP contribution in [-0.4, -0.2) is 6.21 Å². The van der Waals surface area contributed by atoms with Crippen LogP contribution in [0.5, 0.6) is 0 Å². The van der Waals surface area contributed by atoms with Crippen LogP contribution in [0.4, 0.5) is 5.69 Å². The fourth-order valence-corrected chi connectivity index (χ4v) is 0.749. The van der Waals surface area contributed by atoms with Crippen LogP contribution < -0.4 is 0 Å². The summed E-state index contributed by atoms with van der Waals surface area (Å²) in [7, 11) is 0. The maximum atomic E-state index is 4.28. The Morgan fingerprint density at radius 3 is 2.36 bits per heavy atom. The minimum atomic E-state index is 0.523. The first-order valence-corrected chi connectivity index (χ1v) is 3.88. The van der Waals surface area contributed by atoms with Gasteiger partial charge in [-0.3, -0.25) is 4.99 Å². The van der Waals surface area contributed by atoms with Gasteiger partial charge in [0, 0.05) is 6.21 Å². The maximum absolute atomic E-state index is 4.28. The normalized spacial score (nSPS) is 11.2. The quantitative estimate of drug-likeness (QED) is 0.570. The third-order valence-corrected chi connectivity index (χ3v) is 1.28. The summed E-state index contributed by atoms with van der Waals surface area (Å²) in [6, 6.07) is 9.98. The Labute approximate surface area is 67.8 Å². The molecule has 0 heterocycles. The van der Waals surface area contributed by atoms with E-state index in [4.69, 9.17) is 0 Å². The van der Waals surface area contributed by atoms with E-state index in [1.165, 1.54) is 0 Å². The Balaban J connectivity index is 2.65. The van der Waals surface area contributed by atoms with Crippen molar-refractivity contribution in [2.45, 2.75) is 13.8 Å². The van der Waals surface area contributed by atoms with Crippen LogP contribution in [0.3, 0.4) is 0 Å². The van der Waals surface area contributed by atoms with Crippen LogP contribution in [0.2, 0.25) is 0 Å². The molecular formula is C10H13N. The highest BCUT2D eigenvalue weighted by molar-refractivity contribution is 5.64. The van der Waals surface area contributed by atoms with Crippen molar-refractivity contribution in [2.24, 2.45) is 10.9 Å². The van der Waals surface area contributed by atoms with Crippen LogP contribution >= 0.6 is 0 Å². The van der Waals surface area contributed by atoms with Gasteiger partial charge in [-0.25, -0.2) is 0 Å². The summed E-state index contributed by atoms with van der Waals surface area (Å²) >= 11 is 0. The van der Waals surface area contributed by atoms with Gasteiger partial charge in [-0.1, -0.05) is 32.0 Å². The van der Waals surface area contributed by atoms with E-state index in [9.17, 15) is 0 Å². The third-order valence-electron chi connectivity index (χ3n) is 1.28. The fourth-order valence-electron chi connectivity index (χ4n) is 0.749. The molecule has 0 radical (unpaired) electrons. The molecule has 1 aromatic carbocycles. The maximum Gasteiger partial charge on any atom is 0.0625 e. The molecule has 0 amide bonds. The van der Waals surface area contributed by atoms with E-state index in [0.29, 0.717) is 5.92 Å². The fraction of sp³-hybridized carbons (Fsp3) is 0.300. The van der Waals surface area contributed by atoms with Gasteiger partial charge < -0.3 is 0 Å². The highest BCUT2D eigenvalue weighted by Gasteiger charge is 1.85. The summed E-state index contributed by atoms with van der Waals surface area (Å²) in [5, 5.41) is 0. The number of para-hydroxylation sites is 1. The van der Waals surface area contributed by atoms with E-state index in [1.807, 2.05) is 36.5 Å². The van der Waals surface area contributed by atoms with Gasteiger partial charge in [0.15, 0.2) is 0 Å². The molecule has 0 aliphatic rings. The van der Waals surface area contributed by atoms with Crippen LogP contribution in [0, 0.1) is 5.92 Å².